The summed E-state index contributed by atoms with van der Waals surface area (Å²) in [6, 6.07) is 0. The first-order valence-corrected chi connectivity index (χ1v) is 3.95. The summed E-state index contributed by atoms with van der Waals surface area (Å²) in [5, 5.41) is 28.3. The highest BCUT2D eigenvalue weighted by molar-refractivity contribution is 5.08. The van der Waals surface area contributed by atoms with Crippen LogP contribution in [-0.4, -0.2) is 40.3 Å². The van der Waals surface area contributed by atoms with E-state index in [2.05, 4.69) is 25.7 Å². The molecule has 1 atom stereocenters. The highest BCUT2D eigenvalue weighted by Gasteiger charge is 2.19. The van der Waals surface area contributed by atoms with Gasteiger partial charge in [-0.25, -0.2) is 4.68 Å². The Kier molecular flexibility index (Phi) is 1.97. The number of nitrogens with zero attached hydrogens (tertiary/aromatic N) is 7. The standard InChI is InChI=1S/C6H9N7O/c1-12-4(3-7-10-12)5(14)6-8-11-13(2)9-6/h3,5,14H,1-2H3. The van der Waals surface area contributed by atoms with Crippen molar-refractivity contribution in [3.05, 3.63) is 17.7 Å². The number of aryl methyl sites for hydroxylation is 2. The van der Waals surface area contributed by atoms with Crippen molar-refractivity contribution in [1.82, 2.24) is 35.2 Å². The van der Waals surface area contributed by atoms with Gasteiger partial charge >= 0.3 is 0 Å². The van der Waals surface area contributed by atoms with E-state index in [4.69, 9.17) is 0 Å². The van der Waals surface area contributed by atoms with Crippen molar-refractivity contribution < 1.29 is 5.11 Å². The van der Waals surface area contributed by atoms with Crippen LogP contribution in [0.5, 0.6) is 0 Å². The lowest BCUT2D eigenvalue weighted by Crippen LogP contribution is -2.08. The minimum absolute atomic E-state index is 0.234. The van der Waals surface area contributed by atoms with E-state index < -0.39 is 6.10 Å². The minimum Gasteiger partial charge on any atom is -0.378 e. The predicted molar refractivity (Wildman–Crippen MR) is 43.9 cm³/mol. The third-order valence-corrected chi connectivity index (χ3v) is 1.80. The number of tetrazole rings is 1. The highest BCUT2D eigenvalue weighted by atomic mass is 16.3. The van der Waals surface area contributed by atoms with E-state index in [1.165, 1.54) is 15.7 Å². The van der Waals surface area contributed by atoms with Gasteiger partial charge in [-0.3, -0.25) is 0 Å². The molecule has 2 rings (SSSR count). The molecule has 1 N–H and O–H groups in total. The van der Waals surface area contributed by atoms with E-state index in [9.17, 15) is 5.11 Å². The second-order valence-corrected chi connectivity index (χ2v) is 2.82. The smallest absolute Gasteiger partial charge is 0.209 e. The molecule has 2 aromatic rings. The van der Waals surface area contributed by atoms with Gasteiger partial charge in [-0.1, -0.05) is 5.21 Å². The second kappa shape index (κ2) is 3.14. The summed E-state index contributed by atoms with van der Waals surface area (Å²) in [5.74, 6) is 0.234. The van der Waals surface area contributed by atoms with Gasteiger partial charge in [-0.2, -0.15) is 4.80 Å². The molecular formula is C6H9N7O. The van der Waals surface area contributed by atoms with Crippen LogP contribution >= 0.6 is 0 Å². The zero-order valence-corrected chi connectivity index (χ0v) is 7.73. The Balaban J connectivity index is 2.33. The van der Waals surface area contributed by atoms with Gasteiger partial charge in [-0.05, 0) is 5.21 Å². The third kappa shape index (κ3) is 1.35. The Bertz CT molecular complexity index is 433. The molecule has 1 unspecified atom stereocenters. The van der Waals surface area contributed by atoms with Gasteiger partial charge in [0.1, 0.15) is 0 Å². The minimum atomic E-state index is -0.941. The Hall–Kier alpha value is -1.83. The summed E-state index contributed by atoms with van der Waals surface area (Å²) in [6.07, 6.45) is 0.518. The molecule has 0 bridgehead atoms. The van der Waals surface area contributed by atoms with Crippen molar-refractivity contribution in [3.63, 3.8) is 0 Å². The topological polar surface area (TPSA) is 94.5 Å². The van der Waals surface area contributed by atoms with Gasteiger partial charge in [0, 0.05) is 7.05 Å². The van der Waals surface area contributed by atoms with Crippen LogP contribution in [0, 0.1) is 0 Å². The highest BCUT2D eigenvalue weighted by Crippen LogP contribution is 2.14. The molecule has 0 aliphatic rings. The maximum absolute atomic E-state index is 9.80. The largest absolute Gasteiger partial charge is 0.378 e. The molecule has 0 aromatic carbocycles. The van der Waals surface area contributed by atoms with Crippen LogP contribution in [-0.2, 0) is 14.1 Å². The Morgan fingerprint density at radius 2 is 2.14 bits per heavy atom. The Morgan fingerprint density at radius 3 is 2.64 bits per heavy atom. The van der Waals surface area contributed by atoms with Gasteiger partial charge in [0.05, 0.1) is 18.9 Å². The van der Waals surface area contributed by atoms with Crippen LogP contribution in [0.3, 0.4) is 0 Å². The second-order valence-electron chi connectivity index (χ2n) is 2.82. The molecule has 0 saturated carbocycles. The van der Waals surface area contributed by atoms with E-state index in [0.717, 1.165) is 0 Å². The molecule has 2 aromatic heterocycles. The van der Waals surface area contributed by atoms with E-state index in [1.807, 2.05) is 0 Å². The van der Waals surface area contributed by atoms with Crippen molar-refractivity contribution in [2.45, 2.75) is 6.10 Å². The van der Waals surface area contributed by atoms with Gasteiger partial charge in [-0.15, -0.1) is 15.3 Å². The quantitative estimate of drug-likeness (QED) is 0.621. The zero-order chi connectivity index (χ0) is 10.1. The summed E-state index contributed by atoms with van der Waals surface area (Å²) < 4.78 is 1.46. The molecule has 0 saturated heterocycles. The maximum atomic E-state index is 9.80. The van der Waals surface area contributed by atoms with Gasteiger partial charge in [0.2, 0.25) is 5.82 Å². The molecule has 0 aliphatic carbocycles. The Labute approximate surface area is 79.2 Å². The fraction of sp³-hybridized carbons (Fsp3) is 0.500. The van der Waals surface area contributed by atoms with Gasteiger partial charge in [0.25, 0.3) is 0 Å². The lowest BCUT2D eigenvalue weighted by atomic mass is 10.2. The fourth-order valence-corrected chi connectivity index (χ4v) is 1.09. The third-order valence-electron chi connectivity index (χ3n) is 1.80. The number of rotatable bonds is 2. The summed E-state index contributed by atoms with van der Waals surface area (Å²) in [6.45, 7) is 0. The van der Waals surface area contributed by atoms with Crippen molar-refractivity contribution >= 4 is 0 Å². The van der Waals surface area contributed by atoms with E-state index >= 15 is 0 Å². The molecule has 0 amide bonds. The first-order chi connectivity index (χ1) is 6.68. The number of aromatic nitrogens is 7. The van der Waals surface area contributed by atoms with E-state index in [0.29, 0.717) is 5.69 Å². The molecule has 8 heteroatoms. The molecule has 74 valence electrons. The van der Waals surface area contributed by atoms with E-state index in [1.54, 1.807) is 14.1 Å². The monoisotopic (exact) mass is 195 g/mol. The van der Waals surface area contributed by atoms with Crippen LogP contribution in [0.25, 0.3) is 0 Å². The number of hydrogen-bond acceptors (Lipinski definition) is 6. The van der Waals surface area contributed by atoms with Crippen molar-refractivity contribution in [3.8, 4) is 0 Å². The molecule has 0 aliphatic heterocycles. The van der Waals surface area contributed by atoms with Crippen LogP contribution in [0.15, 0.2) is 6.20 Å². The zero-order valence-electron chi connectivity index (χ0n) is 7.73. The van der Waals surface area contributed by atoms with Crippen molar-refractivity contribution in [2.75, 3.05) is 0 Å². The molecule has 0 fully saturated rings. The fourth-order valence-electron chi connectivity index (χ4n) is 1.09. The van der Waals surface area contributed by atoms with Gasteiger partial charge < -0.3 is 5.11 Å². The lowest BCUT2D eigenvalue weighted by molar-refractivity contribution is 0.199. The molecule has 0 spiro atoms. The average Bonchev–Trinajstić information content (AvgIpc) is 2.73. The molecule has 8 nitrogen and oxygen atoms in total. The molecular weight excluding hydrogens is 186 g/mol. The lowest BCUT2D eigenvalue weighted by Gasteiger charge is -2.03. The summed E-state index contributed by atoms with van der Waals surface area (Å²) in [5.41, 5.74) is 0.526. The van der Waals surface area contributed by atoms with Crippen molar-refractivity contribution in [1.29, 1.82) is 0 Å². The van der Waals surface area contributed by atoms with Crippen molar-refractivity contribution in [2.24, 2.45) is 14.1 Å². The SMILES string of the molecule is Cn1nnc(C(O)c2cnnn2C)n1. The van der Waals surface area contributed by atoms with Crippen LogP contribution < -0.4 is 0 Å². The Morgan fingerprint density at radius 1 is 1.36 bits per heavy atom. The number of aliphatic hydroxyl groups is 1. The average molecular weight is 195 g/mol. The number of aliphatic hydroxyl groups excluding tert-OH is 1. The van der Waals surface area contributed by atoms with Crippen LogP contribution in [0.1, 0.15) is 17.6 Å². The first-order valence-electron chi connectivity index (χ1n) is 3.95. The first kappa shape index (κ1) is 8.75. The van der Waals surface area contributed by atoms with Crippen LogP contribution in [0.4, 0.5) is 0 Å². The summed E-state index contributed by atoms with van der Waals surface area (Å²) >= 11 is 0. The van der Waals surface area contributed by atoms with Gasteiger partial charge in [0.15, 0.2) is 6.10 Å². The molecule has 14 heavy (non-hydrogen) atoms. The normalized spacial score (nSPS) is 13.1. The molecule has 0 radical (unpaired) electrons. The number of hydrogen-bond donors (Lipinski definition) is 1. The summed E-state index contributed by atoms with van der Waals surface area (Å²) in [4.78, 5) is 1.28. The van der Waals surface area contributed by atoms with E-state index in [-0.39, 0.29) is 5.82 Å². The summed E-state index contributed by atoms with van der Waals surface area (Å²) in [7, 11) is 3.31. The maximum Gasteiger partial charge on any atom is 0.209 e. The van der Waals surface area contributed by atoms with Crippen LogP contribution in [0.2, 0.25) is 0 Å². The molecule has 2 heterocycles. The predicted octanol–water partition coefficient (Wildman–Crippen LogP) is -1.58.